The van der Waals surface area contributed by atoms with Crippen molar-refractivity contribution < 1.29 is 97.6 Å². The molecule has 0 aromatic heterocycles. The first-order valence-corrected chi connectivity index (χ1v) is 14.5. The fourth-order valence-electron chi connectivity index (χ4n) is 1.71. The van der Waals surface area contributed by atoms with Crippen molar-refractivity contribution in [2.75, 3.05) is 19.8 Å². The summed E-state index contributed by atoms with van der Waals surface area (Å²) in [5.74, 6) is -7.17. The number of ketones is 1. The van der Waals surface area contributed by atoms with E-state index in [2.05, 4.69) is 10.1 Å². The molecule has 0 saturated heterocycles. The van der Waals surface area contributed by atoms with Crippen molar-refractivity contribution in [3.63, 3.8) is 0 Å². The second-order valence-corrected chi connectivity index (χ2v) is 13.3. The molecule has 15 nitrogen and oxygen atoms in total. The zero-order valence-electron chi connectivity index (χ0n) is 21.1. The summed E-state index contributed by atoms with van der Waals surface area (Å²) in [7, 11) is -8.15. The van der Waals surface area contributed by atoms with Crippen LogP contribution in [0.2, 0.25) is 0 Å². The average molecular weight is 826 g/mol. The molecule has 1 radical (unpaired) electrons. The van der Waals surface area contributed by atoms with Gasteiger partial charge in [-0.25, -0.2) is 9.59 Å². The third-order valence-corrected chi connectivity index (χ3v) is 6.88. The minimum Gasteiger partial charge on any atom is -0.481 e. The molecule has 7 N–H and O–H groups in total. The Kier molecular flexibility index (Phi) is 28.6. The minimum absolute atomic E-state index is 0. The summed E-state index contributed by atoms with van der Waals surface area (Å²) in [6, 6.07) is 0. The number of carboxylic acid groups (broad SMARTS) is 2. The first-order valence-electron chi connectivity index (χ1n) is 10.0. The van der Waals surface area contributed by atoms with Gasteiger partial charge in [0.1, 0.15) is 24.0 Å². The zero-order chi connectivity index (χ0) is 31.8. The van der Waals surface area contributed by atoms with Crippen molar-refractivity contribution in [2.45, 2.75) is 55.1 Å². The van der Waals surface area contributed by atoms with Gasteiger partial charge in [-0.05, 0) is 20.8 Å². The molecule has 0 unspecified atom stereocenters. The number of hydrogen-bond donors (Lipinski definition) is 6. The van der Waals surface area contributed by atoms with E-state index >= 15 is 0 Å². The number of carbonyl (C=O) groups is 4. The second-order valence-electron chi connectivity index (χ2n) is 6.69. The Morgan fingerprint density at radius 3 is 1.59 bits per heavy atom. The first-order chi connectivity index (χ1) is 17.3. The van der Waals surface area contributed by atoms with Crippen LogP contribution in [-0.2, 0) is 59.7 Å². The SMILES string of the molecule is CCOP(=O)(OCC)[C@@H](CC(C)=O)NC(=O)OCC(Cl)(Cl)Cl.Cl.N[C@H](CC(=O)O)P(=O)(O)O.O=C(O)C(F)(F)F.[Ag]. The van der Waals surface area contributed by atoms with E-state index in [0.717, 1.165) is 0 Å². The van der Waals surface area contributed by atoms with E-state index < -0.39 is 67.8 Å². The largest absolute Gasteiger partial charge is 0.490 e. The summed E-state index contributed by atoms with van der Waals surface area (Å²) in [6.07, 6.45) is -7.05. The molecule has 0 bridgehead atoms. The maximum atomic E-state index is 12.6. The summed E-state index contributed by atoms with van der Waals surface area (Å²) >= 11 is 16.4. The van der Waals surface area contributed by atoms with E-state index in [1.165, 1.54) is 6.92 Å². The Labute approximate surface area is 268 Å². The molecule has 1 amide bonds. The topological polar surface area (TPSA) is 249 Å². The molecule has 0 aliphatic rings. The summed E-state index contributed by atoms with van der Waals surface area (Å²) in [5, 5.41) is 17.4. The molecule has 2 atom stereocenters. The van der Waals surface area contributed by atoms with Crippen LogP contribution in [0.1, 0.15) is 33.6 Å². The van der Waals surface area contributed by atoms with Crippen LogP contribution in [-0.4, -0.2) is 85.2 Å². The fraction of sp³-hybridized carbons (Fsp3) is 0.750. The number of nitrogens with two attached hydrogens (primary N) is 1. The van der Waals surface area contributed by atoms with Gasteiger partial charge in [0.05, 0.1) is 19.6 Å². The molecule has 0 rings (SSSR count). The number of carboxylic acids is 2. The number of halogens is 7. The summed E-state index contributed by atoms with van der Waals surface area (Å²) < 4.78 is 67.7. The van der Waals surface area contributed by atoms with E-state index in [4.69, 9.17) is 74.4 Å². The number of nitrogens with one attached hydrogen (secondary N) is 1. The molecule has 0 saturated carbocycles. The van der Waals surface area contributed by atoms with Crippen molar-refractivity contribution in [3.05, 3.63) is 0 Å². The van der Waals surface area contributed by atoms with Crippen LogP contribution in [0, 0.1) is 0 Å². The van der Waals surface area contributed by atoms with E-state index in [9.17, 15) is 36.7 Å². The van der Waals surface area contributed by atoms with Gasteiger partial charge < -0.3 is 44.8 Å². The maximum absolute atomic E-state index is 12.6. The molecule has 0 heterocycles. The Hall–Kier alpha value is -0.170. The minimum atomic E-state index is -5.08. The van der Waals surface area contributed by atoms with Gasteiger partial charge in [-0.2, -0.15) is 13.2 Å². The Morgan fingerprint density at radius 1 is 0.976 bits per heavy atom. The van der Waals surface area contributed by atoms with Gasteiger partial charge in [0.15, 0.2) is 0 Å². The molecule has 0 fully saturated rings. The third-order valence-electron chi connectivity index (χ3n) is 3.19. The van der Waals surface area contributed by atoms with Crippen LogP contribution < -0.4 is 11.1 Å². The predicted octanol–water partition coefficient (Wildman–Crippen LogP) is 3.63. The standard InChI is InChI=1S/C11H19Cl3NO6P.C3H8NO5P.C2HF3O2.Ag.ClH/c1-4-20-22(18,21-5-2)9(6-8(3)16)15-10(17)19-7-11(12,13)14;4-2(1-3(5)6)10(7,8)9;3-2(4,5)1(6)7;;/h9H,4-7H2,1-3H3,(H,15,17);2H,1,4H2,(H,5,6)(H2,7,8,9);(H,6,7);;1H/t9-;2-;;;/m00.../s1. The second kappa shape index (κ2) is 23.2. The predicted molar refractivity (Wildman–Crippen MR) is 138 cm³/mol. The van der Waals surface area contributed by atoms with E-state index in [0.29, 0.717) is 0 Å². The van der Waals surface area contributed by atoms with Crippen LogP contribution >= 0.6 is 62.4 Å². The molecule has 0 aromatic carbocycles. The number of Topliss-reactive ketones (excluding diaryl/α,β-unsaturated/α-hetero) is 1. The molecule has 0 aliphatic heterocycles. The fourth-order valence-corrected chi connectivity index (χ4v) is 4.17. The molecule has 25 heteroatoms. The van der Waals surface area contributed by atoms with Gasteiger partial charge in [-0.3, -0.25) is 18.7 Å². The van der Waals surface area contributed by atoms with Gasteiger partial charge in [0.2, 0.25) is 3.79 Å². The van der Waals surface area contributed by atoms with Crippen molar-refractivity contribution in [1.82, 2.24) is 5.32 Å². The first kappa shape index (κ1) is 50.5. The van der Waals surface area contributed by atoms with Gasteiger partial charge in [-0.1, -0.05) is 34.8 Å². The Balaban J connectivity index is -0.000000189. The van der Waals surface area contributed by atoms with Crippen LogP contribution in [0.25, 0.3) is 0 Å². The summed E-state index contributed by atoms with van der Waals surface area (Å²) in [4.78, 5) is 58.2. The van der Waals surface area contributed by atoms with Gasteiger partial charge >= 0.3 is 39.4 Å². The summed E-state index contributed by atoms with van der Waals surface area (Å²) in [5.41, 5.74) is 4.81. The number of aliphatic carboxylic acids is 2. The van der Waals surface area contributed by atoms with Crippen molar-refractivity contribution in [1.29, 1.82) is 0 Å². The van der Waals surface area contributed by atoms with Gasteiger partial charge in [0, 0.05) is 28.8 Å². The van der Waals surface area contributed by atoms with Gasteiger partial charge in [0.25, 0.3) is 0 Å². The molecule has 251 valence electrons. The van der Waals surface area contributed by atoms with E-state index in [1.54, 1.807) is 13.8 Å². The molecular formula is C16H29AgCl4F3N2O13P2. The normalized spacial score (nSPS) is 12.8. The number of amides is 1. The van der Waals surface area contributed by atoms with Crippen LogP contribution in [0.3, 0.4) is 0 Å². The number of alkyl carbamates (subject to hydrolysis) is 1. The Bertz CT molecular complexity index is 901. The smallest absolute Gasteiger partial charge is 0.481 e. The van der Waals surface area contributed by atoms with E-state index in [-0.39, 0.29) is 60.2 Å². The molecule has 0 spiro atoms. The number of hydrogen-bond acceptors (Lipinski definition) is 10. The third kappa shape index (κ3) is 29.7. The Morgan fingerprint density at radius 2 is 1.37 bits per heavy atom. The summed E-state index contributed by atoms with van der Waals surface area (Å²) in [6.45, 7) is 4.15. The van der Waals surface area contributed by atoms with Crippen molar-refractivity contribution in [3.8, 4) is 0 Å². The molecular weight excluding hydrogens is 797 g/mol. The molecule has 0 aromatic rings. The number of alkyl halides is 6. The number of ether oxygens (including phenoxy) is 1. The van der Waals surface area contributed by atoms with E-state index in [1.807, 2.05) is 0 Å². The van der Waals surface area contributed by atoms with Crippen molar-refractivity contribution in [2.24, 2.45) is 5.73 Å². The number of carbonyl (C=O) groups excluding carboxylic acids is 2. The van der Waals surface area contributed by atoms with Crippen molar-refractivity contribution >= 4 is 86.2 Å². The zero-order valence-corrected chi connectivity index (χ0v) is 27.5. The number of rotatable bonds is 12. The molecule has 41 heavy (non-hydrogen) atoms. The van der Waals surface area contributed by atoms with Gasteiger partial charge in [-0.15, -0.1) is 12.4 Å². The monoisotopic (exact) mass is 823 g/mol. The van der Waals surface area contributed by atoms with Crippen LogP contribution in [0.5, 0.6) is 0 Å². The quantitative estimate of drug-likeness (QED) is 0.0935. The molecule has 0 aliphatic carbocycles. The average Bonchev–Trinajstić information content (AvgIpc) is 2.70. The van der Waals surface area contributed by atoms with Crippen LogP contribution in [0.4, 0.5) is 18.0 Å². The van der Waals surface area contributed by atoms with Crippen LogP contribution in [0.15, 0.2) is 0 Å². The maximum Gasteiger partial charge on any atom is 0.490 e.